The summed E-state index contributed by atoms with van der Waals surface area (Å²) in [6.45, 7) is 0. The molecule has 0 unspecified atom stereocenters. The van der Waals surface area contributed by atoms with E-state index in [1.54, 1.807) is 22.7 Å². The number of aromatic nitrogens is 4. The number of rotatable bonds is 4. The zero-order chi connectivity index (χ0) is 30.9. The van der Waals surface area contributed by atoms with E-state index in [0.717, 1.165) is 44.1 Å². The number of para-hydroxylation sites is 2. The van der Waals surface area contributed by atoms with Crippen LogP contribution in [0, 0.1) is 0 Å². The molecule has 0 atom stereocenters. The topological polar surface area (TPSA) is 64.7 Å². The van der Waals surface area contributed by atoms with Crippen molar-refractivity contribution in [3.8, 4) is 45.6 Å². The van der Waals surface area contributed by atoms with Crippen LogP contribution in [0.25, 0.3) is 97.1 Å². The number of fused-ring (bicyclic) bond motifs is 7. The van der Waals surface area contributed by atoms with Gasteiger partial charge in [-0.05, 0) is 48.5 Å². The van der Waals surface area contributed by atoms with Crippen LogP contribution in [0.4, 0.5) is 0 Å². The average molecular weight is 639 g/mol. The molecule has 10 rings (SSSR count). The Balaban J connectivity index is 1.23. The maximum absolute atomic E-state index is 6.16. The molecule has 0 saturated carbocycles. The first-order valence-corrected chi connectivity index (χ1v) is 16.9. The summed E-state index contributed by atoms with van der Waals surface area (Å²) in [6.07, 6.45) is 0. The SMILES string of the molecule is c1ccc(-c2nc(-c3cccc4sc5ccccc5c34)nc(-c3cccc4sc5ccc(-c6nc7ccccc7o6)cc5c34)n2)cc1. The van der Waals surface area contributed by atoms with Crippen molar-refractivity contribution in [1.29, 1.82) is 0 Å². The van der Waals surface area contributed by atoms with E-state index < -0.39 is 0 Å². The zero-order valence-corrected chi connectivity index (χ0v) is 26.3. The predicted octanol–water partition coefficient (Wildman–Crippen LogP) is 11.4. The van der Waals surface area contributed by atoms with Crippen molar-refractivity contribution < 1.29 is 4.42 Å². The largest absolute Gasteiger partial charge is 0.436 e. The number of benzene rings is 6. The standard InChI is InChI=1S/C40H22N4OS2/c1-2-10-23(11-3-1)37-42-38(26-13-8-18-33-35(26)25-12-4-7-17-31(25)46-33)44-39(43-37)27-14-9-19-34-36(27)28-22-24(20-21-32(28)47-34)40-41-29-15-5-6-16-30(29)45-40/h1-22H. The number of thiophene rings is 2. The highest BCUT2D eigenvalue weighted by Gasteiger charge is 2.20. The van der Waals surface area contributed by atoms with Crippen LogP contribution in [-0.2, 0) is 0 Å². The lowest BCUT2D eigenvalue weighted by Crippen LogP contribution is -2.00. The van der Waals surface area contributed by atoms with Gasteiger partial charge < -0.3 is 4.42 Å². The van der Waals surface area contributed by atoms with Gasteiger partial charge >= 0.3 is 0 Å². The lowest BCUT2D eigenvalue weighted by atomic mass is 10.0. The third-order valence-electron chi connectivity index (χ3n) is 8.59. The molecule has 4 aromatic heterocycles. The Bertz CT molecular complexity index is 2780. The van der Waals surface area contributed by atoms with Crippen LogP contribution in [0.1, 0.15) is 0 Å². The first kappa shape index (κ1) is 26.5. The molecular weight excluding hydrogens is 617 g/mol. The molecule has 10 aromatic rings. The molecule has 0 radical (unpaired) electrons. The van der Waals surface area contributed by atoms with Gasteiger partial charge in [-0.2, -0.15) is 0 Å². The van der Waals surface area contributed by atoms with Crippen molar-refractivity contribution in [2.75, 3.05) is 0 Å². The summed E-state index contributed by atoms with van der Waals surface area (Å²) in [6, 6.07) is 45.8. The van der Waals surface area contributed by atoms with Crippen molar-refractivity contribution in [3.63, 3.8) is 0 Å². The van der Waals surface area contributed by atoms with Crippen molar-refractivity contribution in [3.05, 3.63) is 133 Å². The number of oxazole rings is 1. The minimum atomic E-state index is 0.606. The number of hydrogen-bond donors (Lipinski definition) is 0. The van der Waals surface area contributed by atoms with E-state index in [0.29, 0.717) is 23.4 Å². The molecule has 47 heavy (non-hydrogen) atoms. The van der Waals surface area contributed by atoms with Gasteiger partial charge in [-0.1, -0.05) is 84.9 Å². The second-order valence-electron chi connectivity index (χ2n) is 11.4. The zero-order valence-electron chi connectivity index (χ0n) is 24.7. The molecule has 6 aromatic carbocycles. The Hall–Kier alpha value is -5.76. The van der Waals surface area contributed by atoms with E-state index in [1.807, 2.05) is 42.5 Å². The second kappa shape index (κ2) is 10.4. The molecule has 0 aliphatic heterocycles. The normalized spacial score (nSPS) is 11.8. The van der Waals surface area contributed by atoms with Gasteiger partial charge in [-0.3, -0.25) is 0 Å². The summed E-state index contributed by atoms with van der Waals surface area (Å²) in [5.41, 5.74) is 5.46. The van der Waals surface area contributed by atoms with Crippen LogP contribution < -0.4 is 0 Å². The lowest BCUT2D eigenvalue weighted by Gasteiger charge is -2.10. The Morgan fingerprint density at radius 3 is 1.81 bits per heavy atom. The van der Waals surface area contributed by atoms with Gasteiger partial charge in [-0.15, -0.1) is 22.7 Å². The summed E-state index contributed by atoms with van der Waals surface area (Å²) < 4.78 is 11.0. The third kappa shape index (κ3) is 4.28. The van der Waals surface area contributed by atoms with Crippen LogP contribution in [-0.4, -0.2) is 19.9 Å². The van der Waals surface area contributed by atoms with E-state index >= 15 is 0 Å². The van der Waals surface area contributed by atoms with Crippen LogP contribution >= 0.6 is 22.7 Å². The number of nitrogens with zero attached hydrogens (tertiary/aromatic N) is 4. The van der Waals surface area contributed by atoms with Gasteiger partial charge in [0.25, 0.3) is 0 Å². The molecule has 0 spiro atoms. The fourth-order valence-corrected chi connectivity index (χ4v) is 8.68. The van der Waals surface area contributed by atoms with Gasteiger partial charge in [-0.25, -0.2) is 19.9 Å². The van der Waals surface area contributed by atoms with E-state index in [4.69, 9.17) is 24.4 Å². The Kier molecular flexibility index (Phi) is 5.85. The molecule has 7 heteroatoms. The minimum absolute atomic E-state index is 0.606. The maximum atomic E-state index is 6.16. The third-order valence-corrected chi connectivity index (χ3v) is 10.9. The van der Waals surface area contributed by atoms with Crippen molar-refractivity contribution in [2.45, 2.75) is 0 Å². The molecule has 4 heterocycles. The quantitative estimate of drug-likeness (QED) is 0.192. The molecule has 0 amide bonds. The Morgan fingerprint density at radius 2 is 1.04 bits per heavy atom. The van der Waals surface area contributed by atoms with E-state index in [9.17, 15) is 0 Å². The molecule has 220 valence electrons. The fraction of sp³-hybridized carbons (Fsp3) is 0. The summed E-state index contributed by atoms with van der Waals surface area (Å²) >= 11 is 3.56. The van der Waals surface area contributed by atoms with Crippen LogP contribution in [0.5, 0.6) is 0 Å². The highest BCUT2D eigenvalue weighted by Crippen LogP contribution is 2.43. The number of hydrogen-bond acceptors (Lipinski definition) is 7. The average Bonchev–Trinajstić information content (AvgIpc) is 3.84. The maximum Gasteiger partial charge on any atom is 0.227 e. The molecule has 0 fully saturated rings. The fourth-order valence-electron chi connectivity index (χ4n) is 6.44. The van der Waals surface area contributed by atoms with Crippen LogP contribution in [0.15, 0.2) is 138 Å². The van der Waals surface area contributed by atoms with Crippen molar-refractivity contribution in [2.24, 2.45) is 0 Å². The van der Waals surface area contributed by atoms with Gasteiger partial charge in [0.1, 0.15) is 5.52 Å². The predicted molar refractivity (Wildman–Crippen MR) is 195 cm³/mol. The van der Waals surface area contributed by atoms with Crippen molar-refractivity contribution >= 4 is 74.1 Å². The highest BCUT2D eigenvalue weighted by atomic mass is 32.1. The summed E-state index contributed by atoms with van der Waals surface area (Å²) in [5.74, 6) is 2.55. The van der Waals surface area contributed by atoms with Gasteiger partial charge in [0.2, 0.25) is 5.89 Å². The highest BCUT2D eigenvalue weighted by molar-refractivity contribution is 7.26. The second-order valence-corrected chi connectivity index (χ2v) is 13.6. The summed E-state index contributed by atoms with van der Waals surface area (Å²) in [5, 5.41) is 4.62. The van der Waals surface area contributed by atoms with Gasteiger partial charge in [0, 0.05) is 62.6 Å². The van der Waals surface area contributed by atoms with E-state index in [1.165, 1.54) is 29.6 Å². The van der Waals surface area contributed by atoms with Gasteiger partial charge in [0.15, 0.2) is 23.1 Å². The van der Waals surface area contributed by atoms with E-state index in [2.05, 4.69) is 91.0 Å². The molecule has 0 aliphatic rings. The summed E-state index contributed by atoms with van der Waals surface area (Å²) in [7, 11) is 0. The first-order valence-electron chi connectivity index (χ1n) is 15.3. The Morgan fingerprint density at radius 1 is 0.426 bits per heavy atom. The molecule has 0 aliphatic carbocycles. The molecule has 0 N–H and O–H groups in total. The monoisotopic (exact) mass is 638 g/mol. The Labute approximate surface area is 276 Å². The van der Waals surface area contributed by atoms with Crippen LogP contribution in [0.3, 0.4) is 0 Å². The van der Waals surface area contributed by atoms with Gasteiger partial charge in [0.05, 0.1) is 0 Å². The molecular formula is C40H22N4OS2. The summed E-state index contributed by atoms with van der Waals surface area (Å²) in [4.78, 5) is 20.2. The first-order chi connectivity index (χ1) is 23.3. The molecule has 0 saturated heterocycles. The lowest BCUT2D eigenvalue weighted by molar-refractivity contribution is 0.620. The van der Waals surface area contributed by atoms with Crippen molar-refractivity contribution in [1.82, 2.24) is 19.9 Å². The molecule has 0 bridgehead atoms. The smallest absolute Gasteiger partial charge is 0.227 e. The van der Waals surface area contributed by atoms with E-state index in [-0.39, 0.29) is 0 Å². The molecule has 5 nitrogen and oxygen atoms in total. The minimum Gasteiger partial charge on any atom is -0.436 e. The van der Waals surface area contributed by atoms with Crippen LogP contribution in [0.2, 0.25) is 0 Å².